The first kappa shape index (κ1) is 13.3. The van der Waals surface area contributed by atoms with Crippen LogP contribution in [0.1, 0.15) is 24.1 Å². The van der Waals surface area contributed by atoms with Crippen molar-refractivity contribution < 1.29 is 4.52 Å². The molecule has 0 amide bonds. The zero-order chi connectivity index (χ0) is 13.7. The molecule has 2 N–H and O–H groups in total. The van der Waals surface area contributed by atoms with Crippen molar-refractivity contribution in [2.24, 2.45) is 0 Å². The molecule has 0 spiro atoms. The van der Waals surface area contributed by atoms with Gasteiger partial charge in [-0.1, -0.05) is 12.1 Å². The normalized spacial score (nSPS) is 10.5. The fraction of sp³-hybridized carbons (Fsp3) is 0.500. The second-order valence-electron chi connectivity index (χ2n) is 4.09. The van der Waals surface area contributed by atoms with E-state index in [0.29, 0.717) is 18.8 Å². The number of nitrogens with zero attached hydrogens (tertiary/aromatic N) is 4. The van der Waals surface area contributed by atoms with Gasteiger partial charge in [0.1, 0.15) is 17.5 Å². The van der Waals surface area contributed by atoms with Crippen LogP contribution in [0.25, 0.3) is 0 Å². The molecule has 2 aromatic heterocycles. The van der Waals surface area contributed by atoms with Gasteiger partial charge in [-0.3, -0.25) is 0 Å². The molecular weight excluding hydrogens is 244 g/mol. The van der Waals surface area contributed by atoms with Gasteiger partial charge >= 0.3 is 0 Å². The number of nitrogens with one attached hydrogen (secondary N) is 2. The van der Waals surface area contributed by atoms with Gasteiger partial charge in [0, 0.05) is 32.0 Å². The quantitative estimate of drug-likeness (QED) is 0.813. The molecule has 0 aliphatic rings. The Balaban J connectivity index is 2.06. The van der Waals surface area contributed by atoms with Crippen LogP contribution in [0, 0.1) is 6.92 Å². The molecule has 2 aromatic rings. The molecule has 0 fully saturated rings. The van der Waals surface area contributed by atoms with Crippen LogP contribution in [0.5, 0.6) is 0 Å². The maximum Gasteiger partial charge on any atom is 0.213 e. The number of aryl methyl sites for hydroxylation is 1. The molecule has 2 rings (SSSR count). The van der Waals surface area contributed by atoms with Crippen LogP contribution in [0.4, 0.5) is 11.6 Å². The number of hydrogen-bond acceptors (Lipinski definition) is 7. The van der Waals surface area contributed by atoms with Crippen LogP contribution >= 0.6 is 0 Å². The molecule has 2 heterocycles. The molecular formula is C12H18N6O. The molecule has 102 valence electrons. The smallest absolute Gasteiger partial charge is 0.213 e. The first-order valence-corrected chi connectivity index (χ1v) is 6.29. The van der Waals surface area contributed by atoms with Gasteiger partial charge in [-0.15, -0.1) is 0 Å². The summed E-state index contributed by atoms with van der Waals surface area (Å²) >= 11 is 0. The van der Waals surface area contributed by atoms with E-state index in [1.54, 1.807) is 0 Å². The van der Waals surface area contributed by atoms with Crippen LogP contribution in [-0.4, -0.2) is 33.7 Å². The third-order valence-electron chi connectivity index (χ3n) is 2.79. The van der Waals surface area contributed by atoms with Crippen molar-refractivity contribution in [2.45, 2.75) is 26.7 Å². The zero-order valence-electron chi connectivity index (χ0n) is 11.4. The molecule has 0 bridgehead atoms. The van der Waals surface area contributed by atoms with Gasteiger partial charge in [-0.25, -0.2) is 9.97 Å². The van der Waals surface area contributed by atoms with E-state index in [0.717, 1.165) is 29.4 Å². The van der Waals surface area contributed by atoms with Crippen molar-refractivity contribution in [3.8, 4) is 0 Å². The van der Waals surface area contributed by atoms with E-state index >= 15 is 0 Å². The van der Waals surface area contributed by atoms with E-state index < -0.39 is 0 Å². The van der Waals surface area contributed by atoms with Crippen LogP contribution < -0.4 is 10.6 Å². The van der Waals surface area contributed by atoms with Gasteiger partial charge in [0.05, 0.1) is 0 Å². The van der Waals surface area contributed by atoms with Crippen LogP contribution in [-0.2, 0) is 12.8 Å². The molecule has 0 radical (unpaired) electrons. The molecule has 0 aliphatic heterocycles. The topological polar surface area (TPSA) is 88.8 Å². The molecule has 7 nitrogen and oxygen atoms in total. The monoisotopic (exact) mass is 262 g/mol. The van der Waals surface area contributed by atoms with Crippen molar-refractivity contribution in [3.05, 3.63) is 23.6 Å². The van der Waals surface area contributed by atoms with E-state index in [1.165, 1.54) is 6.39 Å². The van der Waals surface area contributed by atoms with Gasteiger partial charge in [0.2, 0.25) is 6.39 Å². The maximum atomic E-state index is 4.69. The second-order valence-corrected chi connectivity index (χ2v) is 4.09. The third-order valence-corrected chi connectivity index (χ3v) is 2.79. The van der Waals surface area contributed by atoms with Crippen molar-refractivity contribution in [1.29, 1.82) is 0 Å². The highest BCUT2D eigenvalue weighted by Gasteiger charge is 2.09. The summed E-state index contributed by atoms with van der Waals surface area (Å²) in [7, 11) is 1.86. The summed E-state index contributed by atoms with van der Waals surface area (Å²) < 4.78 is 4.69. The highest BCUT2D eigenvalue weighted by molar-refractivity contribution is 5.56. The van der Waals surface area contributed by atoms with Crippen molar-refractivity contribution in [3.63, 3.8) is 0 Å². The Bertz CT molecular complexity index is 525. The molecule has 0 saturated heterocycles. The van der Waals surface area contributed by atoms with E-state index in [-0.39, 0.29) is 0 Å². The summed E-state index contributed by atoms with van der Waals surface area (Å²) in [5.41, 5.74) is 1.01. The Morgan fingerprint density at radius 1 is 1.21 bits per heavy atom. The molecule has 0 unspecified atom stereocenters. The number of aromatic nitrogens is 4. The molecule has 19 heavy (non-hydrogen) atoms. The number of anilines is 2. The van der Waals surface area contributed by atoms with Crippen LogP contribution in [0.2, 0.25) is 0 Å². The number of hydrogen-bond donors (Lipinski definition) is 2. The summed E-state index contributed by atoms with van der Waals surface area (Å²) in [5.74, 6) is 3.20. The predicted octanol–water partition coefficient (Wildman–Crippen LogP) is 1.43. The van der Waals surface area contributed by atoms with Gasteiger partial charge in [-0.2, -0.15) is 4.98 Å². The maximum absolute atomic E-state index is 4.69. The molecule has 0 aromatic carbocycles. The highest BCUT2D eigenvalue weighted by atomic mass is 16.5. The summed E-state index contributed by atoms with van der Waals surface area (Å²) in [4.78, 5) is 12.9. The lowest BCUT2D eigenvalue weighted by atomic mass is 10.3. The number of rotatable bonds is 6. The van der Waals surface area contributed by atoms with Gasteiger partial charge in [0.15, 0.2) is 5.82 Å². The lowest BCUT2D eigenvalue weighted by Crippen LogP contribution is -2.12. The van der Waals surface area contributed by atoms with E-state index in [2.05, 4.69) is 35.3 Å². The zero-order valence-corrected chi connectivity index (χ0v) is 11.4. The van der Waals surface area contributed by atoms with Gasteiger partial charge in [0.25, 0.3) is 0 Å². The Hall–Kier alpha value is -2.18. The SMILES string of the molecule is CCc1nc(NC)c(C)c(NCCc2ncon2)n1. The predicted molar refractivity (Wildman–Crippen MR) is 72.2 cm³/mol. The first-order valence-electron chi connectivity index (χ1n) is 6.29. The fourth-order valence-corrected chi connectivity index (χ4v) is 1.73. The van der Waals surface area contributed by atoms with Gasteiger partial charge < -0.3 is 15.2 Å². The average Bonchev–Trinajstić information content (AvgIpc) is 2.94. The Morgan fingerprint density at radius 3 is 2.63 bits per heavy atom. The standard InChI is InChI=1S/C12H18N6O/c1-4-9-16-11(13-3)8(2)12(17-9)14-6-5-10-15-7-19-18-10/h7H,4-6H2,1-3H3,(H2,13,14,16,17). The Morgan fingerprint density at radius 2 is 2.00 bits per heavy atom. The van der Waals surface area contributed by atoms with Crippen molar-refractivity contribution in [2.75, 3.05) is 24.2 Å². The molecule has 0 aliphatic carbocycles. The minimum atomic E-state index is 0.684. The lowest BCUT2D eigenvalue weighted by Gasteiger charge is -2.12. The Kier molecular flexibility index (Phi) is 4.27. The van der Waals surface area contributed by atoms with E-state index in [1.807, 2.05) is 20.9 Å². The second kappa shape index (κ2) is 6.12. The van der Waals surface area contributed by atoms with Gasteiger partial charge in [-0.05, 0) is 6.92 Å². The van der Waals surface area contributed by atoms with Crippen molar-refractivity contribution in [1.82, 2.24) is 20.1 Å². The Labute approximate surface area is 111 Å². The van der Waals surface area contributed by atoms with E-state index in [9.17, 15) is 0 Å². The highest BCUT2D eigenvalue weighted by Crippen LogP contribution is 2.19. The fourth-order valence-electron chi connectivity index (χ4n) is 1.73. The minimum Gasteiger partial charge on any atom is -0.373 e. The minimum absolute atomic E-state index is 0.684. The van der Waals surface area contributed by atoms with Crippen LogP contribution in [0.3, 0.4) is 0 Å². The van der Waals surface area contributed by atoms with Crippen molar-refractivity contribution >= 4 is 11.6 Å². The van der Waals surface area contributed by atoms with E-state index in [4.69, 9.17) is 0 Å². The first-order chi connectivity index (χ1) is 9.24. The molecule has 7 heteroatoms. The molecule has 0 atom stereocenters. The summed E-state index contributed by atoms with van der Waals surface area (Å²) in [6.45, 7) is 4.72. The largest absolute Gasteiger partial charge is 0.373 e. The lowest BCUT2D eigenvalue weighted by molar-refractivity contribution is 0.410. The van der Waals surface area contributed by atoms with Crippen LogP contribution in [0.15, 0.2) is 10.9 Å². The summed E-state index contributed by atoms with van der Waals surface area (Å²) in [5, 5.41) is 10.1. The molecule has 0 saturated carbocycles. The average molecular weight is 262 g/mol. The third kappa shape index (κ3) is 3.18. The summed E-state index contributed by atoms with van der Waals surface area (Å²) in [6, 6.07) is 0. The summed E-state index contributed by atoms with van der Waals surface area (Å²) in [6.07, 6.45) is 2.82.